The van der Waals surface area contributed by atoms with Gasteiger partial charge in [-0.15, -0.1) is 0 Å². The van der Waals surface area contributed by atoms with Gasteiger partial charge >= 0.3 is 12.0 Å². The fourth-order valence-corrected chi connectivity index (χ4v) is 2.37. The van der Waals surface area contributed by atoms with Crippen molar-refractivity contribution >= 4 is 17.7 Å². The number of hydrogen-bond acceptors (Lipinski definition) is 4. The Morgan fingerprint density at radius 3 is 2.57 bits per heavy atom. The van der Waals surface area contributed by atoms with Crippen LogP contribution >= 0.6 is 0 Å². The highest BCUT2D eigenvalue weighted by atomic mass is 16.5. The SMILES string of the molecule is Cc1n[nH]c(C)c1NC(=O)NCC1(C(=O)O)CCOCC1. The summed E-state index contributed by atoms with van der Waals surface area (Å²) in [6.07, 6.45) is 0.790. The highest BCUT2D eigenvalue weighted by molar-refractivity contribution is 5.90. The van der Waals surface area contributed by atoms with Crippen LogP contribution in [0.2, 0.25) is 0 Å². The molecule has 0 saturated carbocycles. The van der Waals surface area contributed by atoms with Crippen LogP contribution in [-0.2, 0) is 9.53 Å². The zero-order valence-electron chi connectivity index (χ0n) is 12.2. The molecule has 0 atom stereocenters. The number of carbonyl (C=O) groups is 2. The van der Waals surface area contributed by atoms with Gasteiger partial charge in [-0.2, -0.15) is 5.10 Å². The van der Waals surface area contributed by atoms with Crippen molar-refractivity contribution in [1.82, 2.24) is 15.5 Å². The van der Waals surface area contributed by atoms with Gasteiger partial charge in [0.15, 0.2) is 0 Å². The molecule has 0 aliphatic carbocycles. The van der Waals surface area contributed by atoms with E-state index in [-0.39, 0.29) is 6.54 Å². The summed E-state index contributed by atoms with van der Waals surface area (Å²) in [6, 6.07) is -0.435. The second kappa shape index (κ2) is 6.13. The van der Waals surface area contributed by atoms with Crippen LogP contribution < -0.4 is 10.6 Å². The van der Waals surface area contributed by atoms with E-state index < -0.39 is 17.4 Å². The van der Waals surface area contributed by atoms with Gasteiger partial charge in [0.25, 0.3) is 0 Å². The Kier molecular flexibility index (Phi) is 4.46. The van der Waals surface area contributed by atoms with Gasteiger partial charge in [0.05, 0.1) is 22.5 Å². The van der Waals surface area contributed by atoms with Gasteiger partial charge in [0.1, 0.15) is 0 Å². The number of aliphatic carboxylic acids is 1. The summed E-state index contributed by atoms with van der Waals surface area (Å²) in [5.74, 6) is -0.901. The lowest BCUT2D eigenvalue weighted by molar-refractivity contribution is -0.154. The molecule has 2 amide bonds. The van der Waals surface area contributed by atoms with Crippen molar-refractivity contribution in [3.8, 4) is 0 Å². The summed E-state index contributed by atoms with van der Waals surface area (Å²) in [5, 5.41) is 21.5. The molecule has 8 heteroatoms. The first-order valence-electron chi connectivity index (χ1n) is 6.82. The molecule has 8 nitrogen and oxygen atoms in total. The number of carbonyl (C=O) groups excluding carboxylic acids is 1. The number of hydrogen-bond donors (Lipinski definition) is 4. The van der Waals surface area contributed by atoms with Crippen molar-refractivity contribution in [1.29, 1.82) is 0 Å². The number of rotatable bonds is 4. The number of carboxylic acid groups (broad SMARTS) is 1. The van der Waals surface area contributed by atoms with Crippen molar-refractivity contribution in [3.05, 3.63) is 11.4 Å². The van der Waals surface area contributed by atoms with E-state index in [1.165, 1.54) is 0 Å². The van der Waals surface area contributed by atoms with E-state index in [0.29, 0.717) is 37.4 Å². The maximum Gasteiger partial charge on any atom is 0.319 e. The van der Waals surface area contributed by atoms with Gasteiger partial charge in [-0.25, -0.2) is 4.79 Å². The first kappa shape index (κ1) is 15.3. The number of aromatic amines is 1. The smallest absolute Gasteiger partial charge is 0.319 e. The van der Waals surface area contributed by atoms with Gasteiger partial charge in [-0.3, -0.25) is 9.89 Å². The van der Waals surface area contributed by atoms with Crippen LogP contribution in [0.5, 0.6) is 0 Å². The van der Waals surface area contributed by atoms with Gasteiger partial charge in [-0.1, -0.05) is 0 Å². The average Bonchev–Trinajstić information content (AvgIpc) is 2.78. The summed E-state index contributed by atoms with van der Waals surface area (Å²) >= 11 is 0. The van der Waals surface area contributed by atoms with Crippen LogP contribution in [0.1, 0.15) is 24.2 Å². The third kappa shape index (κ3) is 3.33. The molecule has 0 aromatic carbocycles. The molecule has 1 aliphatic heterocycles. The fraction of sp³-hybridized carbons (Fsp3) is 0.615. The summed E-state index contributed by atoms with van der Waals surface area (Å²) in [5.41, 5.74) is 1.10. The van der Waals surface area contributed by atoms with E-state index in [9.17, 15) is 14.7 Å². The predicted molar refractivity (Wildman–Crippen MR) is 75.2 cm³/mol. The minimum absolute atomic E-state index is 0.0769. The number of amides is 2. The molecule has 0 spiro atoms. The van der Waals surface area contributed by atoms with E-state index in [2.05, 4.69) is 20.8 Å². The van der Waals surface area contributed by atoms with Crippen molar-refractivity contribution in [2.75, 3.05) is 25.1 Å². The lowest BCUT2D eigenvalue weighted by atomic mass is 9.80. The van der Waals surface area contributed by atoms with Crippen LogP contribution in [-0.4, -0.2) is 47.1 Å². The van der Waals surface area contributed by atoms with E-state index in [0.717, 1.165) is 5.69 Å². The molecule has 0 radical (unpaired) electrons. The lowest BCUT2D eigenvalue weighted by Crippen LogP contribution is -2.47. The maximum atomic E-state index is 11.9. The summed E-state index contributed by atoms with van der Waals surface area (Å²) in [6.45, 7) is 4.45. The maximum absolute atomic E-state index is 11.9. The Morgan fingerprint density at radius 2 is 2.05 bits per heavy atom. The van der Waals surface area contributed by atoms with E-state index >= 15 is 0 Å². The van der Waals surface area contributed by atoms with Crippen LogP contribution in [0.25, 0.3) is 0 Å². The molecule has 0 bridgehead atoms. The quantitative estimate of drug-likeness (QED) is 0.662. The molecule has 1 aromatic rings. The Balaban J connectivity index is 1.95. The first-order valence-corrected chi connectivity index (χ1v) is 6.82. The molecule has 1 saturated heterocycles. The van der Waals surface area contributed by atoms with Crippen molar-refractivity contribution in [2.24, 2.45) is 5.41 Å². The summed E-state index contributed by atoms with van der Waals surface area (Å²) in [7, 11) is 0. The first-order chi connectivity index (χ1) is 9.94. The average molecular weight is 296 g/mol. The second-order valence-corrected chi connectivity index (χ2v) is 5.31. The number of aryl methyl sites for hydroxylation is 2. The summed E-state index contributed by atoms with van der Waals surface area (Å²) < 4.78 is 5.19. The van der Waals surface area contributed by atoms with Crippen LogP contribution in [0.3, 0.4) is 0 Å². The third-order valence-corrected chi connectivity index (χ3v) is 3.86. The number of nitrogens with one attached hydrogen (secondary N) is 3. The molecule has 4 N–H and O–H groups in total. The number of aromatic nitrogens is 2. The molecule has 2 rings (SSSR count). The molecule has 1 aliphatic rings. The molecular weight excluding hydrogens is 276 g/mol. The zero-order valence-corrected chi connectivity index (χ0v) is 12.2. The normalized spacial score (nSPS) is 17.2. The Hall–Kier alpha value is -2.09. The minimum Gasteiger partial charge on any atom is -0.481 e. The van der Waals surface area contributed by atoms with E-state index in [1.807, 2.05) is 0 Å². The molecule has 116 valence electrons. The predicted octanol–water partition coefficient (Wildman–Crippen LogP) is 1.03. The zero-order chi connectivity index (χ0) is 15.5. The Labute approximate surface area is 122 Å². The second-order valence-electron chi connectivity index (χ2n) is 5.31. The van der Waals surface area contributed by atoms with Crippen molar-refractivity contribution in [2.45, 2.75) is 26.7 Å². The van der Waals surface area contributed by atoms with Gasteiger partial charge < -0.3 is 20.5 Å². The monoisotopic (exact) mass is 296 g/mol. The number of H-pyrrole nitrogens is 1. The highest BCUT2D eigenvalue weighted by Gasteiger charge is 2.40. The molecule has 2 heterocycles. The lowest BCUT2D eigenvalue weighted by Gasteiger charge is -2.33. The van der Waals surface area contributed by atoms with Gasteiger partial charge in [0.2, 0.25) is 0 Å². The van der Waals surface area contributed by atoms with Gasteiger partial charge in [-0.05, 0) is 26.7 Å². The molecule has 1 fully saturated rings. The van der Waals surface area contributed by atoms with Crippen LogP contribution in [0.4, 0.5) is 10.5 Å². The number of urea groups is 1. The number of anilines is 1. The molecule has 21 heavy (non-hydrogen) atoms. The topological polar surface area (TPSA) is 116 Å². The molecule has 1 aromatic heterocycles. The largest absolute Gasteiger partial charge is 0.481 e. The minimum atomic E-state index is -0.948. The van der Waals surface area contributed by atoms with Crippen LogP contribution in [0, 0.1) is 19.3 Å². The van der Waals surface area contributed by atoms with Crippen molar-refractivity contribution < 1.29 is 19.4 Å². The fourth-order valence-electron chi connectivity index (χ4n) is 2.37. The van der Waals surface area contributed by atoms with Gasteiger partial charge in [0, 0.05) is 19.8 Å². The number of nitrogens with zero attached hydrogens (tertiary/aromatic N) is 1. The molecular formula is C13H20N4O4. The van der Waals surface area contributed by atoms with E-state index in [1.54, 1.807) is 13.8 Å². The highest BCUT2D eigenvalue weighted by Crippen LogP contribution is 2.30. The van der Waals surface area contributed by atoms with Crippen LogP contribution in [0.15, 0.2) is 0 Å². The van der Waals surface area contributed by atoms with Crippen molar-refractivity contribution in [3.63, 3.8) is 0 Å². The van der Waals surface area contributed by atoms with E-state index in [4.69, 9.17) is 4.74 Å². The number of ether oxygens (including phenoxy) is 1. The summed E-state index contributed by atoms with van der Waals surface area (Å²) in [4.78, 5) is 23.4. The Morgan fingerprint density at radius 1 is 1.38 bits per heavy atom. The Bertz CT molecular complexity index is 515. The third-order valence-electron chi connectivity index (χ3n) is 3.86. The molecule has 0 unspecified atom stereocenters. The standard InChI is InChI=1S/C13H20N4O4/c1-8-10(9(2)17-16-8)15-12(20)14-7-13(11(18)19)3-5-21-6-4-13/h3-7H2,1-2H3,(H,16,17)(H,18,19)(H2,14,15,20). The number of carboxylic acids is 1.